The highest BCUT2D eigenvalue weighted by Gasteiger charge is 2.44. The Kier molecular flexibility index (Phi) is 3.92. The van der Waals surface area contributed by atoms with E-state index in [-0.39, 0.29) is 18.5 Å². The number of carbonyl (C=O) groups excluding carboxylic acids is 2. The Morgan fingerprint density at radius 3 is 2.80 bits per heavy atom. The lowest BCUT2D eigenvalue weighted by atomic mass is 9.86. The van der Waals surface area contributed by atoms with Crippen LogP contribution in [0.25, 0.3) is 33.5 Å². The van der Waals surface area contributed by atoms with Crippen LogP contribution in [0.15, 0.2) is 36.4 Å². The Morgan fingerprint density at radius 1 is 1.20 bits per heavy atom. The van der Waals surface area contributed by atoms with Crippen LogP contribution in [-0.2, 0) is 19.7 Å². The lowest BCUT2D eigenvalue weighted by molar-refractivity contribution is -0.141. The summed E-state index contributed by atoms with van der Waals surface area (Å²) in [7, 11) is 0. The number of hydrogen-bond acceptors (Lipinski definition) is 5. The van der Waals surface area contributed by atoms with E-state index in [0.717, 1.165) is 38.9 Å². The number of carbonyl (C=O) groups is 2. The van der Waals surface area contributed by atoms with Crippen molar-refractivity contribution >= 4 is 39.5 Å². The van der Waals surface area contributed by atoms with Gasteiger partial charge in [-0.15, -0.1) is 0 Å². The number of fused-ring (bicyclic) bond motifs is 3. The number of benzene rings is 2. The fourth-order valence-corrected chi connectivity index (χ4v) is 4.09. The van der Waals surface area contributed by atoms with E-state index in [2.05, 4.69) is 15.2 Å². The summed E-state index contributed by atoms with van der Waals surface area (Å²) in [4.78, 5) is 33.9. The predicted molar refractivity (Wildman–Crippen MR) is 113 cm³/mol. The molecule has 8 nitrogen and oxygen atoms in total. The number of rotatable bonds is 4. The molecule has 2 aromatic carbocycles. The van der Waals surface area contributed by atoms with Crippen molar-refractivity contribution in [1.82, 2.24) is 20.2 Å². The van der Waals surface area contributed by atoms with Gasteiger partial charge in [0.1, 0.15) is 12.3 Å². The molecule has 0 unspecified atom stereocenters. The van der Waals surface area contributed by atoms with E-state index >= 15 is 0 Å². The van der Waals surface area contributed by atoms with Crippen molar-refractivity contribution in [3.05, 3.63) is 42.0 Å². The van der Waals surface area contributed by atoms with Crippen LogP contribution in [-0.4, -0.2) is 45.2 Å². The summed E-state index contributed by atoms with van der Waals surface area (Å²) in [5.74, 6) is 0.290. The maximum atomic E-state index is 13.0. The molecule has 0 saturated heterocycles. The lowest BCUT2D eigenvalue weighted by Gasteiger charge is -2.20. The molecule has 8 heteroatoms. The zero-order valence-electron chi connectivity index (χ0n) is 16.9. The normalized spacial score (nSPS) is 15.2. The summed E-state index contributed by atoms with van der Waals surface area (Å²) < 4.78 is 5.05. The standard InChI is InChI=1S/C22H21N5O3/c1-12(28)30-9-8-27-18-11-17-16(10-14(18)22(2,3)21(27)29)23-20(24-17)19-13-6-4-5-7-15(13)25-26-19/h4-7,10-11H,8-9H2,1-3H3,(H,23,24)(H,25,26). The van der Waals surface area contributed by atoms with Gasteiger partial charge in [-0.3, -0.25) is 14.7 Å². The van der Waals surface area contributed by atoms with E-state index in [9.17, 15) is 9.59 Å². The third-order valence-corrected chi connectivity index (χ3v) is 5.66. The Hall–Kier alpha value is -3.68. The average molecular weight is 403 g/mol. The summed E-state index contributed by atoms with van der Waals surface area (Å²) >= 11 is 0. The summed E-state index contributed by atoms with van der Waals surface area (Å²) in [5.41, 5.74) is 4.33. The van der Waals surface area contributed by atoms with Gasteiger partial charge in [0.15, 0.2) is 5.82 Å². The summed E-state index contributed by atoms with van der Waals surface area (Å²) in [6.07, 6.45) is 0. The minimum absolute atomic E-state index is 0.0178. The molecule has 0 radical (unpaired) electrons. The molecule has 0 atom stereocenters. The van der Waals surface area contributed by atoms with Crippen LogP contribution >= 0.6 is 0 Å². The molecule has 0 aliphatic carbocycles. The van der Waals surface area contributed by atoms with Gasteiger partial charge in [-0.1, -0.05) is 18.2 Å². The number of H-pyrrole nitrogens is 2. The largest absolute Gasteiger partial charge is 0.464 e. The summed E-state index contributed by atoms with van der Waals surface area (Å²) in [6, 6.07) is 11.8. The second-order valence-electron chi connectivity index (χ2n) is 8.01. The molecule has 0 spiro atoms. The van der Waals surface area contributed by atoms with Crippen molar-refractivity contribution in [2.75, 3.05) is 18.1 Å². The smallest absolute Gasteiger partial charge is 0.302 e. The first-order valence-corrected chi connectivity index (χ1v) is 9.79. The van der Waals surface area contributed by atoms with Gasteiger partial charge in [-0.25, -0.2) is 4.98 Å². The van der Waals surface area contributed by atoms with E-state index < -0.39 is 5.41 Å². The number of imidazole rings is 1. The van der Waals surface area contributed by atoms with Crippen molar-refractivity contribution in [3.8, 4) is 11.5 Å². The number of aromatic amines is 2. The highest BCUT2D eigenvalue weighted by Crippen LogP contribution is 2.43. The highest BCUT2D eigenvalue weighted by atomic mass is 16.5. The van der Waals surface area contributed by atoms with Gasteiger partial charge in [0.2, 0.25) is 5.91 Å². The van der Waals surface area contributed by atoms with Crippen molar-refractivity contribution in [3.63, 3.8) is 0 Å². The van der Waals surface area contributed by atoms with E-state index in [1.54, 1.807) is 4.90 Å². The summed E-state index contributed by atoms with van der Waals surface area (Å²) in [5, 5.41) is 8.44. The Bertz CT molecular complexity index is 1320. The number of hydrogen-bond donors (Lipinski definition) is 2. The molecule has 30 heavy (non-hydrogen) atoms. The molecule has 1 aliphatic rings. The lowest BCUT2D eigenvalue weighted by Crippen LogP contribution is -2.38. The number of para-hydroxylation sites is 1. The van der Waals surface area contributed by atoms with Gasteiger partial charge in [0, 0.05) is 12.3 Å². The first-order valence-electron chi connectivity index (χ1n) is 9.79. The third-order valence-electron chi connectivity index (χ3n) is 5.66. The Labute approximate surface area is 172 Å². The Morgan fingerprint density at radius 2 is 2.00 bits per heavy atom. The van der Waals surface area contributed by atoms with Crippen LogP contribution in [0.3, 0.4) is 0 Å². The fourth-order valence-electron chi connectivity index (χ4n) is 4.09. The van der Waals surface area contributed by atoms with Crippen molar-refractivity contribution in [1.29, 1.82) is 0 Å². The van der Waals surface area contributed by atoms with Crippen LogP contribution in [0.2, 0.25) is 0 Å². The summed E-state index contributed by atoms with van der Waals surface area (Å²) in [6.45, 7) is 5.63. The number of nitrogens with one attached hydrogen (secondary N) is 2. The first kappa shape index (κ1) is 18.4. The third kappa shape index (κ3) is 2.67. The maximum absolute atomic E-state index is 13.0. The van der Waals surface area contributed by atoms with Crippen LogP contribution in [0, 0.1) is 0 Å². The molecule has 2 aromatic heterocycles. The zero-order chi connectivity index (χ0) is 21.0. The molecule has 0 saturated carbocycles. The second kappa shape index (κ2) is 6.41. The molecule has 0 fully saturated rings. The molecule has 1 amide bonds. The van der Waals surface area contributed by atoms with Crippen molar-refractivity contribution in [2.45, 2.75) is 26.2 Å². The van der Waals surface area contributed by atoms with E-state index in [1.165, 1.54) is 6.92 Å². The molecular formula is C22H21N5O3. The quantitative estimate of drug-likeness (QED) is 0.509. The Balaban J connectivity index is 1.59. The maximum Gasteiger partial charge on any atom is 0.302 e. The number of ether oxygens (including phenoxy) is 1. The molecule has 4 aromatic rings. The monoisotopic (exact) mass is 403 g/mol. The van der Waals surface area contributed by atoms with Gasteiger partial charge in [-0.2, -0.15) is 5.10 Å². The van der Waals surface area contributed by atoms with Gasteiger partial charge in [0.05, 0.1) is 34.2 Å². The van der Waals surface area contributed by atoms with Crippen LogP contribution in [0.1, 0.15) is 26.3 Å². The van der Waals surface area contributed by atoms with Gasteiger partial charge >= 0.3 is 5.97 Å². The average Bonchev–Trinajstić information content (AvgIpc) is 3.36. The molecule has 5 rings (SSSR count). The highest BCUT2D eigenvalue weighted by molar-refractivity contribution is 6.09. The zero-order valence-corrected chi connectivity index (χ0v) is 16.9. The molecule has 3 heterocycles. The molecule has 1 aliphatic heterocycles. The van der Waals surface area contributed by atoms with E-state index in [4.69, 9.17) is 9.72 Å². The predicted octanol–water partition coefficient (Wildman–Crippen LogP) is 3.29. The number of esters is 1. The topological polar surface area (TPSA) is 104 Å². The van der Waals surface area contributed by atoms with Crippen LogP contribution in [0.5, 0.6) is 0 Å². The van der Waals surface area contributed by atoms with E-state index in [1.807, 2.05) is 50.2 Å². The minimum Gasteiger partial charge on any atom is -0.464 e. The fraction of sp³-hybridized carbons (Fsp3) is 0.273. The van der Waals surface area contributed by atoms with E-state index in [0.29, 0.717) is 12.4 Å². The molecule has 2 N–H and O–H groups in total. The molecular weight excluding hydrogens is 382 g/mol. The number of anilines is 1. The minimum atomic E-state index is -0.683. The second-order valence-corrected chi connectivity index (χ2v) is 8.01. The van der Waals surface area contributed by atoms with Gasteiger partial charge in [-0.05, 0) is 37.6 Å². The van der Waals surface area contributed by atoms with Gasteiger partial charge < -0.3 is 14.6 Å². The number of amides is 1. The van der Waals surface area contributed by atoms with Crippen molar-refractivity contribution < 1.29 is 14.3 Å². The SMILES string of the molecule is CC(=O)OCCN1C(=O)C(C)(C)c2cc3nc(-c4n[nH]c5ccccc45)[nH]c3cc21. The van der Waals surface area contributed by atoms with Crippen molar-refractivity contribution in [2.24, 2.45) is 0 Å². The van der Waals surface area contributed by atoms with Gasteiger partial charge in [0.25, 0.3) is 0 Å². The van der Waals surface area contributed by atoms with Crippen LogP contribution < -0.4 is 4.90 Å². The molecule has 0 bridgehead atoms. The molecule has 152 valence electrons. The number of aromatic nitrogens is 4. The number of nitrogens with zero attached hydrogens (tertiary/aromatic N) is 3. The first-order chi connectivity index (χ1) is 14.4. The van der Waals surface area contributed by atoms with Crippen LogP contribution in [0.4, 0.5) is 5.69 Å².